The number of azo groups is 1. The van der Waals surface area contributed by atoms with Crippen molar-refractivity contribution < 1.29 is 0 Å². The lowest BCUT2D eigenvalue weighted by Crippen LogP contribution is -2.25. The first kappa shape index (κ1) is 16.7. The van der Waals surface area contributed by atoms with Crippen molar-refractivity contribution in [2.24, 2.45) is 10.2 Å². The van der Waals surface area contributed by atoms with E-state index in [4.69, 9.17) is 11.6 Å². The third-order valence-corrected chi connectivity index (χ3v) is 4.80. The Kier molecular flexibility index (Phi) is 4.72. The molecule has 1 aliphatic rings. The lowest BCUT2D eigenvalue weighted by atomic mass is 9.84. The van der Waals surface area contributed by atoms with E-state index < -0.39 is 0 Å². The lowest BCUT2D eigenvalue weighted by Gasteiger charge is -2.25. The molecule has 0 aliphatic carbocycles. The molecule has 24 heavy (non-hydrogen) atoms. The highest BCUT2D eigenvalue weighted by molar-refractivity contribution is 6.30. The van der Waals surface area contributed by atoms with Crippen LogP contribution in [-0.4, -0.2) is 6.54 Å². The molecule has 3 nitrogen and oxygen atoms in total. The number of nitrogens with zero attached hydrogens (tertiary/aromatic N) is 3. The number of anilines is 1. The number of likely N-dealkylation sites (N-methyl/N-ethyl adjacent to an activating group) is 1. The van der Waals surface area contributed by atoms with E-state index in [0.29, 0.717) is 6.54 Å². The summed E-state index contributed by atoms with van der Waals surface area (Å²) in [7, 11) is 0. The number of rotatable bonds is 4. The van der Waals surface area contributed by atoms with Crippen molar-refractivity contribution in [1.29, 1.82) is 0 Å². The second kappa shape index (κ2) is 6.78. The maximum atomic E-state index is 5.90. The minimum atomic E-state index is -0.0636. The zero-order valence-corrected chi connectivity index (χ0v) is 15.1. The minimum Gasteiger partial charge on any atom is -0.343 e. The summed E-state index contributed by atoms with van der Waals surface area (Å²) in [5, 5.41) is 9.38. The monoisotopic (exact) mass is 339 g/mol. The molecule has 0 N–H and O–H groups in total. The molecule has 0 bridgehead atoms. The van der Waals surface area contributed by atoms with Gasteiger partial charge in [0, 0.05) is 28.4 Å². The molecule has 0 unspecified atom stereocenters. The van der Waals surface area contributed by atoms with Crippen molar-refractivity contribution >= 4 is 17.3 Å². The lowest BCUT2D eigenvalue weighted by molar-refractivity contribution is 0.630. The van der Waals surface area contributed by atoms with Crippen LogP contribution in [-0.2, 0) is 12.0 Å². The van der Waals surface area contributed by atoms with Crippen LogP contribution in [0.1, 0.15) is 31.9 Å². The first-order valence-corrected chi connectivity index (χ1v) is 8.60. The van der Waals surface area contributed by atoms with Crippen molar-refractivity contribution in [2.45, 2.75) is 32.7 Å². The van der Waals surface area contributed by atoms with Crippen LogP contribution in [0.2, 0.25) is 5.02 Å². The van der Waals surface area contributed by atoms with Crippen LogP contribution in [0.25, 0.3) is 0 Å². The fourth-order valence-corrected chi connectivity index (χ4v) is 3.35. The first-order chi connectivity index (χ1) is 11.5. The predicted octanol–water partition coefficient (Wildman–Crippen LogP) is 5.95. The van der Waals surface area contributed by atoms with Crippen molar-refractivity contribution in [3.63, 3.8) is 0 Å². The second-order valence-electron chi connectivity index (χ2n) is 6.44. The van der Waals surface area contributed by atoms with E-state index >= 15 is 0 Å². The number of hydrogen-bond donors (Lipinski definition) is 0. The Bertz CT molecular complexity index is 776. The highest BCUT2D eigenvalue weighted by atomic mass is 35.5. The third kappa shape index (κ3) is 3.09. The van der Waals surface area contributed by atoms with Gasteiger partial charge < -0.3 is 4.90 Å². The molecule has 0 aromatic heterocycles. The molecule has 1 aliphatic heterocycles. The first-order valence-electron chi connectivity index (χ1n) is 8.22. The second-order valence-corrected chi connectivity index (χ2v) is 6.88. The zero-order valence-electron chi connectivity index (χ0n) is 14.3. The molecule has 2 aromatic carbocycles. The molecule has 0 fully saturated rings. The molecule has 0 amide bonds. The van der Waals surface area contributed by atoms with E-state index in [2.05, 4.69) is 60.2 Å². The molecule has 0 saturated carbocycles. The Morgan fingerprint density at radius 2 is 1.79 bits per heavy atom. The summed E-state index contributed by atoms with van der Waals surface area (Å²) in [5.74, 6) is 0. The molecule has 0 saturated heterocycles. The summed E-state index contributed by atoms with van der Waals surface area (Å²) in [6, 6.07) is 16.3. The van der Waals surface area contributed by atoms with Crippen molar-refractivity contribution in [2.75, 3.05) is 11.4 Å². The van der Waals surface area contributed by atoms with E-state index in [9.17, 15) is 0 Å². The summed E-state index contributed by atoms with van der Waals surface area (Å²) in [4.78, 5) is 2.32. The quantitative estimate of drug-likeness (QED) is 0.632. The zero-order chi connectivity index (χ0) is 17.2. The average Bonchev–Trinajstić information content (AvgIpc) is 2.80. The van der Waals surface area contributed by atoms with Crippen LogP contribution >= 0.6 is 11.6 Å². The number of allylic oxidation sites excluding steroid dienone is 1. The van der Waals surface area contributed by atoms with E-state index in [1.165, 1.54) is 16.9 Å². The molecular formula is C20H22ClN3. The Morgan fingerprint density at radius 3 is 2.50 bits per heavy atom. The van der Waals surface area contributed by atoms with Gasteiger partial charge in [0.15, 0.2) is 0 Å². The topological polar surface area (TPSA) is 28.0 Å². The van der Waals surface area contributed by atoms with Gasteiger partial charge in [-0.1, -0.05) is 55.8 Å². The maximum absolute atomic E-state index is 5.90. The number of para-hydroxylation sites is 1. The molecule has 3 rings (SSSR count). The number of benzene rings is 2. The predicted molar refractivity (Wildman–Crippen MR) is 101 cm³/mol. The minimum absolute atomic E-state index is 0.0636. The number of halogens is 1. The van der Waals surface area contributed by atoms with Crippen LogP contribution in [0.15, 0.2) is 70.7 Å². The van der Waals surface area contributed by atoms with Crippen LogP contribution in [0.3, 0.4) is 0 Å². The van der Waals surface area contributed by atoms with Gasteiger partial charge in [-0.2, -0.15) is 10.2 Å². The van der Waals surface area contributed by atoms with Gasteiger partial charge in [-0.25, -0.2) is 0 Å². The van der Waals surface area contributed by atoms with Crippen LogP contribution in [0.4, 0.5) is 5.69 Å². The Hall–Kier alpha value is -2.13. The van der Waals surface area contributed by atoms with Gasteiger partial charge >= 0.3 is 0 Å². The highest BCUT2D eigenvalue weighted by Crippen LogP contribution is 2.47. The molecular weight excluding hydrogens is 318 g/mol. The normalized spacial score (nSPS) is 17.7. The summed E-state index contributed by atoms with van der Waals surface area (Å²) in [6.07, 6.45) is 1.90. The van der Waals surface area contributed by atoms with Gasteiger partial charge in [-0.3, -0.25) is 0 Å². The molecule has 124 valence electrons. The van der Waals surface area contributed by atoms with Gasteiger partial charge in [0.25, 0.3) is 0 Å². The summed E-state index contributed by atoms with van der Waals surface area (Å²) in [6.45, 7) is 8.11. The van der Waals surface area contributed by atoms with Gasteiger partial charge in [0.05, 0.1) is 12.7 Å². The summed E-state index contributed by atoms with van der Waals surface area (Å²) < 4.78 is 0. The standard InChI is InChI=1S/C20H22ClN3/c1-4-24-18-8-6-5-7-17(18)20(2,3)19(24)14-23-22-13-15-9-11-16(21)12-10-15/h5-12,14H,4,13H2,1-3H3. The highest BCUT2D eigenvalue weighted by Gasteiger charge is 2.39. The summed E-state index contributed by atoms with van der Waals surface area (Å²) in [5.41, 5.74) is 4.83. The third-order valence-electron chi connectivity index (χ3n) is 4.54. The number of fused-ring (bicyclic) bond motifs is 1. The summed E-state index contributed by atoms with van der Waals surface area (Å²) >= 11 is 5.90. The maximum Gasteiger partial charge on any atom is 0.0853 e. The van der Waals surface area contributed by atoms with Gasteiger partial charge in [0.1, 0.15) is 0 Å². The molecule has 0 radical (unpaired) electrons. The smallest absolute Gasteiger partial charge is 0.0853 e. The molecule has 0 spiro atoms. The molecule has 2 aromatic rings. The van der Waals surface area contributed by atoms with Crippen molar-refractivity contribution in [3.8, 4) is 0 Å². The Morgan fingerprint density at radius 1 is 1.08 bits per heavy atom. The largest absolute Gasteiger partial charge is 0.343 e. The molecule has 4 heteroatoms. The fraction of sp³-hybridized carbons (Fsp3) is 0.300. The Labute approximate surface area is 148 Å². The van der Waals surface area contributed by atoms with Crippen LogP contribution < -0.4 is 4.90 Å². The van der Waals surface area contributed by atoms with E-state index in [0.717, 1.165) is 17.1 Å². The average molecular weight is 340 g/mol. The van der Waals surface area contributed by atoms with Crippen molar-refractivity contribution in [1.82, 2.24) is 0 Å². The molecule has 0 atom stereocenters. The van der Waals surface area contributed by atoms with Crippen LogP contribution in [0.5, 0.6) is 0 Å². The van der Waals surface area contributed by atoms with E-state index in [1.54, 1.807) is 0 Å². The van der Waals surface area contributed by atoms with Crippen molar-refractivity contribution in [3.05, 3.63) is 76.6 Å². The van der Waals surface area contributed by atoms with E-state index in [1.807, 2.05) is 30.5 Å². The van der Waals surface area contributed by atoms with E-state index in [-0.39, 0.29) is 5.41 Å². The van der Waals surface area contributed by atoms with Crippen LogP contribution in [0, 0.1) is 0 Å². The van der Waals surface area contributed by atoms with Gasteiger partial charge in [-0.15, -0.1) is 0 Å². The van der Waals surface area contributed by atoms with Gasteiger partial charge in [-0.05, 0) is 36.2 Å². The molecule has 1 heterocycles. The van der Waals surface area contributed by atoms with Gasteiger partial charge in [0.2, 0.25) is 0 Å². The SMILES string of the molecule is CCN1C(=CN=NCc2ccc(Cl)cc2)C(C)(C)c2ccccc21. The number of hydrogen-bond acceptors (Lipinski definition) is 3. The Balaban J connectivity index is 1.81. The fourth-order valence-electron chi connectivity index (χ4n) is 3.22.